The van der Waals surface area contributed by atoms with Gasteiger partial charge in [0.25, 0.3) is 0 Å². The second-order valence-corrected chi connectivity index (χ2v) is 5.94. The van der Waals surface area contributed by atoms with E-state index in [-0.39, 0.29) is 48.9 Å². The number of nitrogens with one attached hydrogen (secondary N) is 2. The average Bonchev–Trinajstić information content (AvgIpc) is 2.68. The number of carbonyl (C=O) groups excluding carboxylic acids is 4. The second-order valence-electron chi connectivity index (χ2n) is 5.94. The van der Waals surface area contributed by atoms with Crippen LogP contribution < -0.4 is 20.1 Å². The van der Waals surface area contributed by atoms with E-state index in [0.29, 0.717) is 0 Å². The van der Waals surface area contributed by atoms with Crippen molar-refractivity contribution in [1.82, 2.24) is 10.6 Å². The minimum Gasteiger partial charge on any atom is -0.460 e. The maximum atomic E-state index is 11.7. The van der Waals surface area contributed by atoms with Crippen LogP contribution in [0.15, 0.2) is 48.6 Å². The maximum Gasteiger partial charge on any atom is 0.412 e. The van der Waals surface area contributed by atoms with E-state index >= 15 is 0 Å². The predicted molar refractivity (Wildman–Crippen MR) is 106 cm³/mol. The van der Waals surface area contributed by atoms with Crippen molar-refractivity contribution in [3.63, 3.8) is 0 Å². The molecular formula is C20H24N2O8. The molecule has 0 radical (unpaired) electrons. The van der Waals surface area contributed by atoms with E-state index in [4.69, 9.17) is 18.9 Å². The van der Waals surface area contributed by atoms with Gasteiger partial charge in [0, 0.05) is 17.2 Å². The van der Waals surface area contributed by atoms with Crippen LogP contribution in [0.3, 0.4) is 0 Å². The molecule has 10 heteroatoms. The van der Waals surface area contributed by atoms with Gasteiger partial charge in [0.15, 0.2) is 0 Å². The van der Waals surface area contributed by atoms with Crippen molar-refractivity contribution in [3.05, 3.63) is 48.6 Å². The molecule has 0 atom stereocenters. The van der Waals surface area contributed by atoms with Crippen LogP contribution in [0.2, 0.25) is 0 Å². The Morgan fingerprint density at radius 2 is 1.20 bits per heavy atom. The Morgan fingerprint density at radius 1 is 0.800 bits per heavy atom. The highest BCUT2D eigenvalue weighted by molar-refractivity contribution is 5.87. The van der Waals surface area contributed by atoms with Crippen LogP contribution in [-0.4, -0.2) is 50.4 Å². The first-order chi connectivity index (χ1) is 14.2. The number of hydrogen-bond acceptors (Lipinski definition) is 8. The Morgan fingerprint density at radius 3 is 1.57 bits per heavy atom. The van der Waals surface area contributed by atoms with Gasteiger partial charge in [0.1, 0.15) is 24.7 Å². The second kappa shape index (κ2) is 12.6. The van der Waals surface area contributed by atoms with Gasteiger partial charge in [-0.3, -0.25) is 0 Å². The smallest absolute Gasteiger partial charge is 0.412 e. The summed E-state index contributed by atoms with van der Waals surface area (Å²) in [5, 5.41) is 4.80. The average molecular weight is 420 g/mol. The molecular weight excluding hydrogens is 396 g/mol. The van der Waals surface area contributed by atoms with Crippen LogP contribution >= 0.6 is 0 Å². The number of amides is 2. The molecule has 0 unspecified atom stereocenters. The molecule has 10 nitrogen and oxygen atoms in total. The van der Waals surface area contributed by atoms with Gasteiger partial charge in [-0.25, -0.2) is 19.2 Å². The Hall–Kier alpha value is -3.82. The molecule has 0 saturated carbocycles. The van der Waals surface area contributed by atoms with E-state index in [2.05, 4.69) is 23.8 Å². The minimum absolute atomic E-state index is 0.0359. The van der Waals surface area contributed by atoms with Gasteiger partial charge in [-0.2, -0.15) is 0 Å². The normalized spacial score (nSPS) is 9.67. The molecule has 0 aliphatic heterocycles. The first kappa shape index (κ1) is 24.2. The number of ether oxygens (including phenoxy) is 4. The Balaban J connectivity index is 2.36. The highest BCUT2D eigenvalue weighted by atomic mass is 16.6. The van der Waals surface area contributed by atoms with Gasteiger partial charge in [-0.05, 0) is 26.0 Å². The van der Waals surface area contributed by atoms with E-state index in [1.165, 1.54) is 38.1 Å². The van der Waals surface area contributed by atoms with Crippen molar-refractivity contribution in [2.75, 3.05) is 26.3 Å². The lowest BCUT2D eigenvalue weighted by atomic mass is 10.3. The molecule has 1 rings (SSSR count). The molecule has 0 spiro atoms. The standard InChI is InChI=1S/C20H24N2O8/c1-13(2)17(23)27-10-8-21-19(25)29-15-6-5-7-16(12-15)30-20(26)22-9-11-28-18(24)14(3)4/h5-7,12H,1,3,8-11H2,2,4H3,(H,21,25)(H,22,26). The van der Waals surface area contributed by atoms with Crippen LogP contribution in [0.4, 0.5) is 9.59 Å². The molecule has 0 aliphatic rings. The zero-order chi connectivity index (χ0) is 22.5. The van der Waals surface area contributed by atoms with E-state index < -0.39 is 24.1 Å². The first-order valence-corrected chi connectivity index (χ1v) is 8.85. The molecule has 0 aromatic heterocycles. The van der Waals surface area contributed by atoms with Crippen LogP contribution in [-0.2, 0) is 19.1 Å². The van der Waals surface area contributed by atoms with Crippen LogP contribution in [0.1, 0.15) is 13.8 Å². The third-order valence-electron chi connectivity index (χ3n) is 3.13. The third kappa shape index (κ3) is 9.93. The third-order valence-corrected chi connectivity index (χ3v) is 3.13. The first-order valence-electron chi connectivity index (χ1n) is 8.85. The number of hydrogen-bond donors (Lipinski definition) is 2. The lowest BCUT2D eigenvalue weighted by Crippen LogP contribution is -2.31. The molecule has 0 aliphatic carbocycles. The van der Waals surface area contributed by atoms with Crippen LogP contribution in [0.5, 0.6) is 11.5 Å². The summed E-state index contributed by atoms with van der Waals surface area (Å²) in [5.74, 6) is -0.844. The van der Waals surface area contributed by atoms with Crippen molar-refractivity contribution < 1.29 is 38.1 Å². The molecule has 30 heavy (non-hydrogen) atoms. The van der Waals surface area contributed by atoms with E-state index in [1.54, 1.807) is 0 Å². The van der Waals surface area contributed by atoms with Gasteiger partial charge >= 0.3 is 24.1 Å². The Bertz CT molecular complexity index is 756. The summed E-state index contributed by atoms with van der Waals surface area (Å²) in [7, 11) is 0. The number of carbonyl (C=O) groups is 4. The van der Waals surface area contributed by atoms with Crippen molar-refractivity contribution in [1.29, 1.82) is 0 Å². The van der Waals surface area contributed by atoms with Crippen molar-refractivity contribution in [2.24, 2.45) is 0 Å². The van der Waals surface area contributed by atoms with Gasteiger partial charge in [-0.1, -0.05) is 19.2 Å². The molecule has 162 valence electrons. The molecule has 0 bridgehead atoms. The highest BCUT2D eigenvalue weighted by Crippen LogP contribution is 2.19. The Kier molecular flexibility index (Phi) is 10.2. The molecule has 0 heterocycles. The summed E-state index contributed by atoms with van der Waals surface area (Å²) in [6, 6.07) is 5.83. The molecule has 2 N–H and O–H groups in total. The van der Waals surface area contributed by atoms with Gasteiger partial charge in [0.2, 0.25) is 0 Å². The zero-order valence-electron chi connectivity index (χ0n) is 16.8. The van der Waals surface area contributed by atoms with Gasteiger partial charge in [0.05, 0.1) is 13.1 Å². The van der Waals surface area contributed by atoms with E-state index in [0.717, 1.165) is 0 Å². The lowest BCUT2D eigenvalue weighted by molar-refractivity contribution is -0.139. The summed E-state index contributed by atoms with van der Waals surface area (Å²) in [6.07, 6.45) is -1.55. The van der Waals surface area contributed by atoms with Crippen molar-refractivity contribution in [2.45, 2.75) is 13.8 Å². The van der Waals surface area contributed by atoms with E-state index in [9.17, 15) is 19.2 Å². The molecule has 0 saturated heterocycles. The Labute approximate surface area is 173 Å². The fourth-order valence-electron chi connectivity index (χ4n) is 1.73. The topological polar surface area (TPSA) is 129 Å². The SMILES string of the molecule is C=C(C)C(=O)OCCNC(=O)Oc1cccc(OC(=O)NCCOC(=O)C(=C)C)c1. The number of esters is 2. The van der Waals surface area contributed by atoms with Crippen LogP contribution in [0.25, 0.3) is 0 Å². The molecule has 1 aromatic carbocycles. The summed E-state index contributed by atoms with van der Waals surface area (Å²) in [5.41, 5.74) is 0.512. The van der Waals surface area contributed by atoms with Crippen LogP contribution in [0, 0.1) is 0 Å². The lowest BCUT2D eigenvalue weighted by Gasteiger charge is -2.10. The van der Waals surface area contributed by atoms with Crippen molar-refractivity contribution >= 4 is 24.1 Å². The highest BCUT2D eigenvalue weighted by Gasteiger charge is 2.09. The van der Waals surface area contributed by atoms with E-state index in [1.807, 2.05) is 0 Å². The monoisotopic (exact) mass is 420 g/mol. The van der Waals surface area contributed by atoms with Gasteiger partial charge in [-0.15, -0.1) is 0 Å². The summed E-state index contributed by atoms with van der Waals surface area (Å²) in [4.78, 5) is 45.9. The number of benzene rings is 1. The minimum atomic E-state index is -0.776. The summed E-state index contributed by atoms with van der Waals surface area (Å²) in [6.45, 7) is 9.92. The molecule has 2 amide bonds. The maximum absolute atomic E-state index is 11.7. The quantitative estimate of drug-likeness (QED) is 0.334. The fourth-order valence-corrected chi connectivity index (χ4v) is 1.73. The zero-order valence-corrected chi connectivity index (χ0v) is 16.8. The number of rotatable bonds is 10. The van der Waals surface area contributed by atoms with Gasteiger partial charge < -0.3 is 29.6 Å². The van der Waals surface area contributed by atoms with Crippen molar-refractivity contribution in [3.8, 4) is 11.5 Å². The summed E-state index contributed by atoms with van der Waals surface area (Å²) >= 11 is 0. The fraction of sp³-hybridized carbons (Fsp3) is 0.300. The predicted octanol–water partition coefficient (Wildman–Crippen LogP) is 2.10. The summed E-state index contributed by atoms with van der Waals surface area (Å²) < 4.78 is 19.8. The molecule has 1 aromatic rings. The molecule has 0 fully saturated rings. The largest absolute Gasteiger partial charge is 0.460 e.